The number of methoxy groups -OCH3 is 1. The quantitative estimate of drug-likeness (QED) is 0.830. The van der Waals surface area contributed by atoms with E-state index in [1.54, 1.807) is 37.3 Å². The second-order valence-electron chi connectivity index (χ2n) is 4.73. The number of halogens is 1. The van der Waals surface area contributed by atoms with Crippen molar-refractivity contribution in [2.24, 2.45) is 0 Å². The van der Waals surface area contributed by atoms with Crippen LogP contribution in [-0.4, -0.2) is 22.1 Å². The number of nitrogens with zero attached hydrogens (tertiary/aromatic N) is 1. The Labute approximate surface area is 136 Å². The minimum atomic E-state index is -3.65. The maximum Gasteiger partial charge on any atom is 0.264 e. The molecule has 0 atom stereocenters. The third-order valence-electron chi connectivity index (χ3n) is 3.44. The van der Waals surface area contributed by atoms with E-state index in [0.717, 1.165) is 5.56 Å². The van der Waals surface area contributed by atoms with Crippen LogP contribution in [0.4, 0.5) is 5.69 Å². The summed E-state index contributed by atoms with van der Waals surface area (Å²) in [5, 5.41) is 0.542. The van der Waals surface area contributed by atoms with Gasteiger partial charge in [0.15, 0.2) is 0 Å². The molecule has 0 bridgehead atoms. The molecule has 4 nitrogen and oxygen atoms in total. The molecule has 0 radical (unpaired) electrons. The van der Waals surface area contributed by atoms with Crippen molar-refractivity contribution in [2.75, 3.05) is 18.0 Å². The molecule has 2 aromatic rings. The van der Waals surface area contributed by atoms with E-state index in [1.165, 1.54) is 23.5 Å². The first-order chi connectivity index (χ1) is 10.4. The molecule has 0 unspecified atom stereocenters. The van der Waals surface area contributed by atoms with Gasteiger partial charge in [-0.3, -0.25) is 4.31 Å². The molecule has 0 fully saturated rings. The van der Waals surface area contributed by atoms with Crippen molar-refractivity contribution in [3.63, 3.8) is 0 Å². The number of hydrogen-bond donors (Lipinski definition) is 0. The van der Waals surface area contributed by atoms with Crippen molar-refractivity contribution in [3.8, 4) is 5.75 Å². The highest BCUT2D eigenvalue weighted by Gasteiger charge is 2.25. The summed E-state index contributed by atoms with van der Waals surface area (Å²) in [6.45, 7) is 3.92. The molecule has 118 valence electrons. The summed E-state index contributed by atoms with van der Waals surface area (Å²) in [4.78, 5) is 0.217. The molecule has 0 saturated carbocycles. The second-order valence-corrected chi connectivity index (χ2v) is 7.00. The predicted octanol–water partition coefficient (Wildman–Crippen LogP) is 3.87. The van der Waals surface area contributed by atoms with Gasteiger partial charge in [-0.15, -0.1) is 0 Å². The molecule has 2 rings (SSSR count). The summed E-state index contributed by atoms with van der Waals surface area (Å²) in [6, 6.07) is 11.6. The van der Waals surface area contributed by atoms with E-state index in [9.17, 15) is 8.42 Å². The van der Waals surface area contributed by atoms with Crippen LogP contribution in [0.2, 0.25) is 5.02 Å². The van der Waals surface area contributed by atoms with Gasteiger partial charge in [0.1, 0.15) is 5.75 Å². The molecular weight excluding hydrogens is 322 g/mol. The highest BCUT2D eigenvalue weighted by atomic mass is 35.5. The van der Waals surface area contributed by atoms with Gasteiger partial charge in [0.05, 0.1) is 17.7 Å². The van der Waals surface area contributed by atoms with E-state index in [1.807, 2.05) is 6.92 Å². The van der Waals surface area contributed by atoms with Gasteiger partial charge >= 0.3 is 0 Å². The molecule has 0 aliphatic carbocycles. The van der Waals surface area contributed by atoms with Crippen molar-refractivity contribution in [1.82, 2.24) is 0 Å². The first-order valence-corrected chi connectivity index (χ1v) is 8.65. The molecular formula is C16H18ClNO3S. The summed E-state index contributed by atoms with van der Waals surface area (Å²) in [6.07, 6.45) is 0. The SMILES string of the molecule is CCN(c1cccc(Cl)c1C)S(=O)(=O)c1ccc(OC)cc1. The van der Waals surface area contributed by atoms with E-state index < -0.39 is 10.0 Å². The van der Waals surface area contributed by atoms with Crippen molar-refractivity contribution in [2.45, 2.75) is 18.7 Å². The van der Waals surface area contributed by atoms with Gasteiger partial charge in [-0.2, -0.15) is 0 Å². The Morgan fingerprint density at radius 1 is 1.14 bits per heavy atom. The fourth-order valence-corrected chi connectivity index (χ4v) is 3.91. The summed E-state index contributed by atoms with van der Waals surface area (Å²) in [7, 11) is -2.11. The van der Waals surface area contributed by atoms with E-state index in [-0.39, 0.29) is 4.90 Å². The Morgan fingerprint density at radius 3 is 2.32 bits per heavy atom. The lowest BCUT2D eigenvalue weighted by molar-refractivity contribution is 0.414. The summed E-state index contributed by atoms with van der Waals surface area (Å²) >= 11 is 6.11. The van der Waals surface area contributed by atoms with Crippen LogP contribution in [0, 0.1) is 6.92 Å². The number of rotatable bonds is 5. The molecule has 0 aliphatic rings. The molecule has 0 N–H and O–H groups in total. The minimum absolute atomic E-state index is 0.217. The zero-order valence-corrected chi connectivity index (χ0v) is 14.3. The van der Waals surface area contributed by atoms with E-state index >= 15 is 0 Å². The first-order valence-electron chi connectivity index (χ1n) is 6.83. The molecule has 0 aliphatic heterocycles. The van der Waals surface area contributed by atoms with E-state index in [0.29, 0.717) is 23.0 Å². The highest BCUT2D eigenvalue weighted by Crippen LogP contribution is 2.31. The Kier molecular flexibility index (Phi) is 4.98. The first kappa shape index (κ1) is 16.6. The topological polar surface area (TPSA) is 46.6 Å². The predicted molar refractivity (Wildman–Crippen MR) is 89.4 cm³/mol. The van der Waals surface area contributed by atoms with Gasteiger partial charge in [0.25, 0.3) is 10.0 Å². The van der Waals surface area contributed by atoms with Crippen LogP contribution in [0.3, 0.4) is 0 Å². The second kappa shape index (κ2) is 6.58. The average Bonchev–Trinajstić information content (AvgIpc) is 2.52. The van der Waals surface area contributed by atoms with Crippen molar-refractivity contribution in [3.05, 3.63) is 53.1 Å². The largest absolute Gasteiger partial charge is 0.497 e. The highest BCUT2D eigenvalue weighted by molar-refractivity contribution is 7.92. The van der Waals surface area contributed by atoms with Gasteiger partial charge in [0, 0.05) is 11.6 Å². The van der Waals surface area contributed by atoms with Crippen LogP contribution >= 0.6 is 11.6 Å². The molecule has 22 heavy (non-hydrogen) atoms. The van der Waals surface area contributed by atoms with Gasteiger partial charge in [-0.05, 0) is 55.8 Å². The lowest BCUT2D eigenvalue weighted by Crippen LogP contribution is -2.31. The van der Waals surface area contributed by atoms with Gasteiger partial charge < -0.3 is 4.74 Å². The van der Waals surface area contributed by atoms with Gasteiger partial charge in [-0.25, -0.2) is 8.42 Å². The molecule has 0 aromatic heterocycles. The smallest absolute Gasteiger partial charge is 0.264 e. The van der Waals surface area contributed by atoms with Crippen LogP contribution in [-0.2, 0) is 10.0 Å². The Morgan fingerprint density at radius 2 is 1.77 bits per heavy atom. The van der Waals surface area contributed by atoms with Crippen molar-refractivity contribution < 1.29 is 13.2 Å². The number of anilines is 1. The Balaban J connectivity index is 2.50. The third kappa shape index (κ3) is 3.05. The van der Waals surface area contributed by atoms with Crippen LogP contribution in [0.5, 0.6) is 5.75 Å². The maximum atomic E-state index is 12.9. The van der Waals surface area contributed by atoms with E-state index in [4.69, 9.17) is 16.3 Å². The number of ether oxygens (including phenoxy) is 1. The Hall–Kier alpha value is -1.72. The zero-order valence-electron chi connectivity index (χ0n) is 12.7. The van der Waals surface area contributed by atoms with Crippen molar-refractivity contribution in [1.29, 1.82) is 0 Å². The Bertz CT molecular complexity index is 757. The standard InChI is InChI=1S/C16H18ClNO3S/c1-4-18(16-7-5-6-15(17)12(16)2)22(19,20)14-10-8-13(21-3)9-11-14/h5-11H,4H2,1-3H3. The minimum Gasteiger partial charge on any atom is -0.497 e. The molecule has 6 heteroatoms. The average molecular weight is 340 g/mol. The summed E-state index contributed by atoms with van der Waals surface area (Å²) < 4.78 is 32.2. The fraction of sp³-hybridized carbons (Fsp3) is 0.250. The number of sulfonamides is 1. The maximum absolute atomic E-state index is 12.9. The van der Waals surface area contributed by atoms with Crippen LogP contribution in [0.25, 0.3) is 0 Å². The zero-order chi connectivity index (χ0) is 16.3. The van der Waals surface area contributed by atoms with Gasteiger partial charge in [0.2, 0.25) is 0 Å². The van der Waals surface area contributed by atoms with Gasteiger partial charge in [-0.1, -0.05) is 17.7 Å². The van der Waals surface area contributed by atoms with E-state index in [2.05, 4.69) is 0 Å². The van der Waals surface area contributed by atoms with Crippen LogP contribution in [0.1, 0.15) is 12.5 Å². The molecule has 0 spiro atoms. The molecule has 2 aromatic carbocycles. The lowest BCUT2D eigenvalue weighted by Gasteiger charge is -2.25. The molecule has 0 saturated heterocycles. The molecule has 0 heterocycles. The third-order valence-corrected chi connectivity index (χ3v) is 5.75. The van der Waals surface area contributed by atoms with Crippen molar-refractivity contribution >= 4 is 27.3 Å². The van der Waals surface area contributed by atoms with Crippen LogP contribution < -0.4 is 9.04 Å². The monoisotopic (exact) mass is 339 g/mol. The van der Waals surface area contributed by atoms with Crippen LogP contribution in [0.15, 0.2) is 47.4 Å². The number of benzene rings is 2. The number of hydrogen-bond acceptors (Lipinski definition) is 3. The lowest BCUT2D eigenvalue weighted by atomic mass is 10.2. The summed E-state index contributed by atoms with van der Waals surface area (Å²) in [5.41, 5.74) is 1.33. The fourth-order valence-electron chi connectivity index (χ4n) is 2.21. The normalized spacial score (nSPS) is 11.3. The molecule has 0 amide bonds. The summed E-state index contributed by atoms with van der Waals surface area (Å²) in [5.74, 6) is 0.612.